The summed E-state index contributed by atoms with van der Waals surface area (Å²) >= 11 is 0. The molecule has 0 amide bonds. The molecule has 5 aromatic carbocycles. The molecule has 0 bridgehead atoms. The lowest BCUT2D eigenvalue weighted by atomic mass is 10.0. The lowest BCUT2D eigenvalue weighted by Crippen LogP contribution is -1.93. The van der Waals surface area contributed by atoms with Crippen LogP contribution in [0.15, 0.2) is 140 Å². The van der Waals surface area contributed by atoms with Crippen molar-refractivity contribution < 1.29 is 0 Å². The first kappa shape index (κ1) is 47.5. The molecule has 0 saturated carbocycles. The molecule has 0 N–H and O–H groups in total. The summed E-state index contributed by atoms with van der Waals surface area (Å²) < 4.78 is 0. The summed E-state index contributed by atoms with van der Waals surface area (Å²) in [5, 5.41) is 2.62. The van der Waals surface area contributed by atoms with Crippen LogP contribution < -0.4 is 0 Å². The predicted molar refractivity (Wildman–Crippen MR) is 228 cm³/mol. The Morgan fingerprint density at radius 3 is 0.571 bits per heavy atom. The summed E-state index contributed by atoms with van der Waals surface area (Å²) in [6.07, 6.45) is 0. The highest BCUT2D eigenvalue weighted by Crippen LogP contribution is 2.17. The van der Waals surface area contributed by atoms with E-state index in [0.29, 0.717) is 21.7 Å². The zero-order valence-corrected chi connectivity index (χ0v) is 34.8. The standard InChI is InChI=1S/C12H10.C10H8.C7H8.4C5H12/c1-3-7-11(8-4-1)12-9-5-2-6-10-12;1-2-6-10-8-4-3-7-9(10)5-1;1-7-5-3-2-4-6-7;4*1-5(2,3)4/h1-10H;1-8H;2-6H,1H3;4*1-4H3. The maximum Gasteiger partial charge on any atom is -0.0184 e. The molecule has 49 heavy (non-hydrogen) atoms. The molecule has 0 spiro atoms. The average Bonchev–Trinajstić information content (AvgIpc) is 2.96. The van der Waals surface area contributed by atoms with Gasteiger partial charge in [0.05, 0.1) is 0 Å². The van der Waals surface area contributed by atoms with Crippen molar-refractivity contribution in [1.29, 1.82) is 0 Å². The molecule has 0 unspecified atom stereocenters. The van der Waals surface area contributed by atoms with Crippen LogP contribution in [0, 0.1) is 28.6 Å². The highest BCUT2D eigenvalue weighted by molar-refractivity contribution is 5.82. The molecule has 0 fully saturated rings. The Morgan fingerprint density at radius 1 is 0.245 bits per heavy atom. The molecule has 5 rings (SSSR count). The first-order valence-electron chi connectivity index (χ1n) is 17.9. The molecule has 0 heterocycles. The first-order valence-corrected chi connectivity index (χ1v) is 17.9. The Balaban J connectivity index is 0. The van der Waals surface area contributed by atoms with Crippen molar-refractivity contribution in [3.63, 3.8) is 0 Å². The Labute approximate surface area is 305 Å². The largest absolute Gasteiger partial charge is 0.0622 e. The second-order valence-corrected chi connectivity index (χ2v) is 18.7. The van der Waals surface area contributed by atoms with E-state index in [-0.39, 0.29) is 0 Å². The minimum Gasteiger partial charge on any atom is -0.0622 e. The first-order chi connectivity index (χ1) is 22.3. The lowest BCUT2D eigenvalue weighted by molar-refractivity contribution is 0.469. The van der Waals surface area contributed by atoms with Gasteiger partial charge in [-0.1, -0.05) is 256 Å². The van der Waals surface area contributed by atoms with Gasteiger partial charge in [-0.15, -0.1) is 0 Å². The lowest BCUT2D eigenvalue weighted by Gasteiger charge is -2.05. The van der Waals surface area contributed by atoms with Gasteiger partial charge < -0.3 is 0 Å². The third kappa shape index (κ3) is 44.4. The third-order valence-corrected chi connectivity index (χ3v) is 4.48. The molecule has 0 nitrogen and oxygen atoms in total. The predicted octanol–water partition coefficient (Wildman–Crippen LogP) is 16.4. The fourth-order valence-corrected chi connectivity index (χ4v) is 2.93. The van der Waals surface area contributed by atoms with E-state index in [2.05, 4.69) is 227 Å². The number of fused-ring (bicyclic) bond motifs is 1. The van der Waals surface area contributed by atoms with Gasteiger partial charge in [-0.25, -0.2) is 0 Å². The van der Waals surface area contributed by atoms with Crippen LogP contribution in [0.3, 0.4) is 0 Å². The molecule has 270 valence electrons. The van der Waals surface area contributed by atoms with Crippen LogP contribution in [0.1, 0.15) is 116 Å². The fraction of sp³-hybridized carbons (Fsp3) is 0.429. The Bertz CT molecular complexity index is 1260. The third-order valence-electron chi connectivity index (χ3n) is 4.48. The van der Waals surface area contributed by atoms with E-state index >= 15 is 0 Å². The number of hydrogen-bond donors (Lipinski definition) is 0. The fourth-order valence-electron chi connectivity index (χ4n) is 2.93. The van der Waals surface area contributed by atoms with E-state index in [1.54, 1.807) is 0 Å². The van der Waals surface area contributed by atoms with Gasteiger partial charge in [0.25, 0.3) is 0 Å². The average molecular weight is 663 g/mol. The van der Waals surface area contributed by atoms with E-state index < -0.39 is 0 Å². The maximum absolute atomic E-state index is 2.19. The summed E-state index contributed by atoms with van der Waals surface area (Å²) in [6, 6.07) is 47.8. The van der Waals surface area contributed by atoms with E-state index in [1.165, 1.54) is 27.5 Å². The van der Waals surface area contributed by atoms with Gasteiger partial charge >= 0.3 is 0 Å². The summed E-state index contributed by atoms with van der Waals surface area (Å²) in [6.45, 7) is 37.1. The van der Waals surface area contributed by atoms with Gasteiger partial charge in [-0.3, -0.25) is 0 Å². The normalized spacial score (nSPS) is 10.6. The second kappa shape index (κ2) is 24.5. The highest BCUT2D eigenvalue weighted by atomic mass is 14.0. The van der Waals surface area contributed by atoms with Crippen molar-refractivity contribution in [3.8, 4) is 11.1 Å². The SMILES string of the molecule is CC(C)(C)C.CC(C)(C)C.CC(C)(C)C.CC(C)(C)C.Cc1ccccc1.c1ccc(-c2ccccc2)cc1.c1ccc2ccccc2c1. The van der Waals surface area contributed by atoms with Gasteiger partial charge in [-0.05, 0) is 50.5 Å². The smallest absolute Gasteiger partial charge is 0.0184 e. The van der Waals surface area contributed by atoms with Crippen molar-refractivity contribution in [2.24, 2.45) is 21.7 Å². The number of aryl methyl sites for hydroxylation is 1. The van der Waals surface area contributed by atoms with E-state index in [9.17, 15) is 0 Å². The van der Waals surface area contributed by atoms with E-state index in [0.717, 1.165) is 0 Å². The van der Waals surface area contributed by atoms with Gasteiger partial charge in [0.1, 0.15) is 0 Å². The van der Waals surface area contributed by atoms with Crippen molar-refractivity contribution in [3.05, 3.63) is 145 Å². The van der Waals surface area contributed by atoms with Crippen LogP contribution >= 0.6 is 0 Å². The van der Waals surface area contributed by atoms with Crippen molar-refractivity contribution in [2.45, 2.75) is 118 Å². The molecule has 0 heteroatoms. The van der Waals surface area contributed by atoms with Gasteiger partial charge in [0.15, 0.2) is 0 Å². The zero-order valence-electron chi connectivity index (χ0n) is 34.8. The molecule has 0 aliphatic heterocycles. The van der Waals surface area contributed by atoms with Crippen molar-refractivity contribution in [2.75, 3.05) is 0 Å². The Kier molecular flexibility index (Phi) is 23.7. The van der Waals surface area contributed by atoms with Crippen molar-refractivity contribution >= 4 is 10.8 Å². The molecule has 0 aliphatic rings. The van der Waals surface area contributed by atoms with Gasteiger partial charge in [0, 0.05) is 0 Å². The monoisotopic (exact) mass is 663 g/mol. The number of rotatable bonds is 1. The van der Waals surface area contributed by atoms with Crippen LogP contribution in [0.4, 0.5) is 0 Å². The molecular formula is C49H74. The number of hydrogen-bond acceptors (Lipinski definition) is 0. The quantitative estimate of drug-likeness (QED) is 0.168. The van der Waals surface area contributed by atoms with Crippen LogP contribution in [0.25, 0.3) is 21.9 Å². The summed E-state index contributed by atoms with van der Waals surface area (Å²) in [4.78, 5) is 0. The van der Waals surface area contributed by atoms with Gasteiger partial charge in [0.2, 0.25) is 0 Å². The Hall–Kier alpha value is -3.64. The summed E-state index contributed by atoms with van der Waals surface area (Å²) in [5.74, 6) is 0. The molecule has 0 aromatic heterocycles. The topological polar surface area (TPSA) is 0 Å². The van der Waals surface area contributed by atoms with Gasteiger partial charge in [-0.2, -0.15) is 0 Å². The second-order valence-electron chi connectivity index (χ2n) is 18.7. The van der Waals surface area contributed by atoms with Crippen LogP contribution in [-0.4, -0.2) is 0 Å². The van der Waals surface area contributed by atoms with Crippen molar-refractivity contribution in [1.82, 2.24) is 0 Å². The zero-order chi connectivity index (χ0) is 38.2. The molecule has 5 aromatic rings. The molecular weight excluding hydrogens is 589 g/mol. The summed E-state index contributed by atoms with van der Waals surface area (Å²) in [7, 11) is 0. The molecule has 0 radical (unpaired) electrons. The van der Waals surface area contributed by atoms with E-state index in [4.69, 9.17) is 0 Å². The van der Waals surface area contributed by atoms with E-state index in [1.807, 2.05) is 30.3 Å². The van der Waals surface area contributed by atoms with Crippen LogP contribution in [0.5, 0.6) is 0 Å². The minimum absolute atomic E-state index is 0.500. The summed E-state index contributed by atoms with van der Waals surface area (Å²) in [5.41, 5.74) is 5.87. The maximum atomic E-state index is 2.19. The molecule has 0 atom stereocenters. The Morgan fingerprint density at radius 2 is 0.408 bits per heavy atom. The van der Waals surface area contributed by atoms with Crippen LogP contribution in [0.2, 0.25) is 0 Å². The number of benzene rings is 5. The highest BCUT2D eigenvalue weighted by Gasteiger charge is 1.97. The minimum atomic E-state index is 0.500. The molecule has 0 saturated heterocycles. The molecule has 0 aliphatic carbocycles. The van der Waals surface area contributed by atoms with Crippen LogP contribution in [-0.2, 0) is 0 Å².